The molecule has 1 aromatic rings. The van der Waals surface area contributed by atoms with Crippen LogP contribution in [0.1, 0.15) is 18.4 Å². The Hall–Kier alpha value is -1.59. The van der Waals surface area contributed by atoms with E-state index in [0.29, 0.717) is 25.7 Å². The molecule has 1 unspecified atom stereocenters. The summed E-state index contributed by atoms with van der Waals surface area (Å²) in [4.78, 5) is 14.9. The fourth-order valence-electron chi connectivity index (χ4n) is 1.94. The molecule has 2 N–H and O–H groups in total. The first kappa shape index (κ1) is 12.9. The molecule has 0 bridgehead atoms. The lowest BCUT2D eigenvalue weighted by atomic mass is 10.2. The van der Waals surface area contributed by atoms with Crippen LogP contribution in [0.5, 0.6) is 5.75 Å². The van der Waals surface area contributed by atoms with E-state index in [1.165, 1.54) is 12.8 Å². The molecule has 5 nitrogen and oxygen atoms in total. The van der Waals surface area contributed by atoms with E-state index in [0.717, 1.165) is 17.9 Å². The summed E-state index contributed by atoms with van der Waals surface area (Å²) >= 11 is 0. The van der Waals surface area contributed by atoms with Gasteiger partial charge in [-0.15, -0.1) is 0 Å². The van der Waals surface area contributed by atoms with Crippen molar-refractivity contribution in [2.45, 2.75) is 25.5 Å². The van der Waals surface area contributed by atoms with Crippen LogP contribution in [-0.4, -0.2) is 25.6 Å². The molecule has 1 aliphatic rings. The second-order valence-corrected chi connectivity index (χ2v) is 4.27. The number of nitrogens with one attached hydrogen (secondary N) is 2. The van der Waals surface area contributed by atoms with Gasteiger partial charge in [-0.1, -0.05) is 12.1 Å². The molecule has 18 heavy (non-hydrogen) atoms. The summed E-state index contributed by atoms with van der Waals surface area (Å²) in [6, 6.07) is 8.14. The number of carbonyl (C=O) groups is 1. The van der Waals surface area contributed by atoms with Gasteiger partial charge in [-0.3, -0.25) is 9.63 Å². The number of amides is 1. The van der Waals surface area contributed by atoms with E-state index >= 15 is 0 Å². The Morgan fingerprint density at radius 2 is 2.22 bits per heavy atom. The van der Waals surface area contributed by atoms with Gasteiger partial charge in [0.1, 0.15) is 12.4 Å². The van der Waals surface area contributed by atoms with Crippen molar-refractivity contribution in [1.29, 1.82) is 0 Å². The van der Waals surface area contributed by atoms with Crippen LogP contribution in [0.3, 0.4) is 0 Å². The summed E-state index contributed by atoms with van der Waals surface area (Å²) in [5, 5.41) is 3.39. The number of ether oxygens (including phenoxy) is 1. The summed E-state index contributed by atoms with van der Waals surface area (Å²) < 4.78 is 5.70. The Kier molecular flexibility index (Phi) is 4.99. The van der Waals surface area contributed by atoms with Crippen molar-refractivity contribution in [3.63, 3.8) is 0 Å². The van der Waals surface area contributed by atoms with Gasteiger partial charge < -0.3 is 10.1 Å². The van der Waals surface area contributed by atoms with E-state index in [-0.39, 0.29) is 0 Å². The van der Waals surface area contributed by atoms with Gasteiger partial charge in [0.05, 0.1) is 6.61 Å². The first-order valence-corrected chi connectivity index (χ1v) is 6.14. The number of hydrogen-bond acceptors (Lipinski definition) is 4. The number of benzene rings is 1. The average molecular weight is 250 g/mol. The zero-order chi connectivity index (χ0) is 12.6. The maximum atomic E-state index is 10.00. The lowest BCUT2D eigenvalue weighted by Crippen LogP contribution is -2.28. The van der Waals surface area contributed by atoms with Gasteiger partial charge in [-0.25, -0.2) is 5.48 Å². The van der Waals surface area contributed by atoms with Gasteiger partial charge in [0.2, 0.25) is 6.41 Å². The minimum absolute atomic E-state index is 0.350. The van der Waals surface area contributed by atoms with Crippen molar-refractivity contribution in [2.24, 2.45) is 0 Å². The molecule has 1 aliphatic heterocycles. The highest BCUT2D eigenvalue weighted by molar-refractivity contribution is 5.43. The van der Waals surface area contributed by atoms with E-state index in [4.69, 9.17) is 9.57 Å². The average Bonchev–Trinajstić information content (AvgIpc) is 2.91. The maximum Gasteiger partial charge on any atom is 0.230 e. The van der Waals surface area contributed by atoms with Crippen molar-refractivity contribution in [3.05, 3.63) is 29.8 Å². The molecular formula is C13H18N2O3. The van der Waals surface area contributed by atoms with E-state index in [1.807, 2.05) is 24.3 Å². The third-order valence-corrected chi connectivity index (χ3v) is 2.91. The fraction of sp³-hybridized carbons (Fsp3) is 0.462. The summed E-state index contributed by atoms with van der Waals surface area (Å²) in [5.74, 6) is 0.857. The molecule has 0 saturated carbocycles. The van der Waals surface area contributed by atoms with Crippen molar-refractivity contribution in [2.75, 3.05) is 13.2 Å². The van der Waals surface area contributed by atoms with Crippen LogP contribution in [0.15, 0.2) is 24.3 Å². The number of carbonyl (C=O) groups excluding carboxylic acids is 1. The Labute approximate surface area is 106 Å². The zero-order valence-electron chi connectivity index (χ0n) is 10.2. The second kappa shape index (κ2) is 6.98. The minimum atomic E-state index is 0.350. The predicted molar refractivity (Wildman–Crippen MR) is 67.0 cm³/mol. The molecule has 1 saturated heterocycles. The van der Waals surface area contributed by atoms with Crippen LogP contribution in [0.4, 0.5) is 0 Å². The second-order valence-electron chi connectivity index (χ2n) is 4.27. The monoisotopic (exact) mass is 250 g/mol. The van der Waals surface area contributed by atoms with Crippen LogP contribution in [0, 0.1) is 0 Å². The normalized spacial score (nSPS) is 18.6. The molecule has 5 heteroatoms. The summed E-state index contributed by atoms with van der Waals surface area (Å²) in [7, 11) is 0. The molecule has 1 aromatic carbocycles. The van der Waals surface area contributed by atoms with Crippen LogP contribution < -0.4 is 15.5 Å². The summed E-state index contributed by atoms with van der Waals surface area (Å²) in [5.41, 5.74) is 3.14. The third kappa shape index (κ3) is 4.01. The quantitative estimate of drug-likeness (QED) is 0.430. The molecule has 1 amide bonds. The molecule has 0 spiro atoms. The molecule has 0 aliphatic carbocycles. The van der Waals surface area contributed by atoms with Crippen LogP contribution >= 0.6 is 0 Å². The van der Waals surface area contributed by atoms with Crippen molar-refractivity contribution >= 4 is 6.41 Å². The fourth-order valence-corrected chi connectivity index (χ4v) is 1.94. The molecule has 1 fully saturated rings. The number of hydrogen-bond donors (Lipinski definition) is 2. The first-order chi connectivity index (χ1) is 8.88. The van der Waals surface area contributed by atoms with E-state index in [9.17, 15) is 4.79 Å². The Morgan fingerprint density at radius 3 is 2.89 bits per heavy atom. The summed E-state index contributed by atoms with van der Waals surface area (Å²) in [6.45, 7) is 2.15. The Morgan fingerprint density at radius 1 is 1.39 bits per heavy atom. The third-order valence-electron chi connectivity index (χ3n) is 2.91. The molecule has 0 radical (unpaired) electrons. The van der Waals surface area contributed by atoms with Gasteiger partial charge in [-0.05, 0) is 37.1 Å². The standard InChI is InChI=1S/C13H18N2O3/c16-10-15-18-8-11-3-5-13(6-4-11)17-9-12-2-1-7-14-12/h3-6,10,12,14H,1-2,7-9H2,(H,15,16). The van der Waals surface area contributed by atoms with Crippen molar-refractivity contribution in [1.82, 2.24) is 10.8 Å². The Balaban J connectivity index is 1.74. The predicted octanol–water partition coefficient (Wildman–Crippen LogP) is 0.995. The first-order valence-electron chi connectivity index (χ1n) is 6.14. The van der Waals surface area contributed by atoms with Gasteiger partial charge in [0.15, 0.2) is 0 Å². The summed E-state index contributed by atoms with van der Waals surface area (Å²) in [6.07, 6.45) is 2.92. The van der Waals surface area contributed by atoms with Gasteiger partial charge in [0.25, 0.3) is 0 Å². The zero-order valence-corrected chi connectivity index (χ0v) is 10.2. The van der Waals surface area contributed by atoms with Crippen molar-refractivity contribution in [3.8, 4) is 5.75 Å². The Bertz CT molecular complexity index is 361. The van der Waals surface area contributed by atoms with E-state index < -0.39 is 0 Å². The number of hydroxylamine groups is 1. The highest BCUT2D eigenvalue weighted by Gasteiger charge is 2.14. The van der Waals surface area contributed by atoms with E-state index in [2.05, 4.69) is 10.8 Å². The molecular weight excluding hydrogens is 232 g/mol. The van der Waals surface area contributed by atoms with Gasteiger partial charge in [0, 0.05) is 6.04 Å². The molecule has 1 heterocycles. The van der Waals surface area contributed by atoms with Crippen molar-refractivity contribution < 1.29 is 14.4 Å². The van der Waals surface area contributed by atoms with E-state index in [1.54, 1.807) is 0 Å². The minimum Gasteiger partial charge on any atom is -0.492 e. The molecule has 1 atom stereocenters. The molecule has 98 valence electrons. The van der Waals surface area contributed by atoms with Crippen LogP contribution in [-0.2, 0) is 16.2 Å². The molecule has 0 aromatic heterocycles. The van der Waals surface area contributed by atoms with Crippen LogP contribution in [0.25, 0.3) is 0 Å². The highest BCUT2D eigenvalue weighted by Crippen LogP contribution is 2.14. The lowest BCUT2D eigenvalue weighted by molar-refractivity contribution is -0.121. The van der Waals surface area contributed by atoms with Gasteiger partial charge in [-0.2, -0.15) is 0 Å². The van der Waals surface area contributed by atoms with Crippen LogP contribution in [0.2, 0.25) is 0 Å². The largest absolute Gasteiger partial charge is 0.492 e. The smallest absolute Gasteiger partial charge is 0.230 e. The lowest BCUT2D eigenvalue weighted by Gasteiger charge is -2.12. The molecule has 2 rings (SSSR count). The topological polar surface area (TPSA) is 59.6 Å². The SMILES string of the molecule is O=CNOCc1ccc(OCC2CCCN2)cc1. The van der Waals surface area contributed by atoms with Gasteiger partial charge >= 0.3 is 0 Å². The maximum absolute atomic E-state index is 10.00. The number of rotatable bonds is 7. The highest BCUT2D eigenvalue weighted by atomic mass is 16.6.